The SMILES string of the molecule is CCCC1(CNc2ccc([N+](=O)[O-])c3cnccc23)CC1. The number of nitrogens with zero attached hydrogens (tertiary/aromatic N) is 2. The van der Waals surface area contributed by atoms with Gasteiger partial charge in [0.25, 0.3) is 5.69 Å². The molecule has 110 valence electrons. The first-order valence-electron chi connectivity index (χ1n) is 7.40. The van der Waals surface area contributed by atoms with E-state index in [1.165, 1.54) is 25.7 Å². The van der Waals surface area contributed by atoms with Crippen molar-refractivity contribution in [2.45, 2.75) is 32.6 Å². The van der Waals surface area contributed by atoms with Crippen LogP contribution in [0.1, 0.15) is 32.6 Å². The summed E-state index contributed by atoms with van der Waals surface area (Å²) >= 11 is 0. The zero-order chi connectivity index (χ0) is 14.9. The van der Waals surface area contributed by atoms with Crippen molar-refractivity contribution >= 4 is 22.1 Å². The quantitative estimate of drug-likeness (QED) is 0.640. The smallest absolute Gasteiger partial charge is 0.278 e. The van der Waals surface area contributed by atoms with Crippen molar-refractivity contribution in [1.29, 1.82) is 0 Å². The van der Waals surface area contributed by atoms with Gasteiger partial charge in [-0.3, -0.25) is 15.1 Å². The number of anilines is 1. The lowest BCUT2D eigenvalue weighted by molar-refractivity contribution is -0.383. The maximum atomic E-state index is 11.1. The van der Waals surface area contributed by atoms with Crippen molar-refractivity contribution < 1.29 is 4.92 Å². The van der Waals surface area contributed by atoms with Crippen molar-refractivity contribution in [1.82, 2.24) is 4.98 Å². The molecule has 2 aromatic rings. The highest BCUT2D eigenvalue weighted by Gasteiger charge is 2.41. The van der Waals surface area contributed by atoms with Crippen LogP contribution in [0, 0.1) is 15.5 Å². The van der Waals surface area contributed by atoms with E-state index in [0.29, 0.717) is 10.8 Å². The summed E-state index contributed by atoms with van der Waals surface area (Å²) < 4.78 is 0. The highest BCUT2D eigenvalue weighted by molar-refractivity contribution is 5.99. The third-order valence-corrected chi connectivity index (χ3v) is 4.38. The van der Waals surface area contributed by atoms with E-state index in [9.17, 15) is 10.1 Å². The molecule has 1 fully saturated rings. The largest absolute Gasteiger partial charge is 0.384 e. The lowest BCUT2D eigenvalue weighted by atomic mass is 10.0. The van der Waals surface area contributed by atoms with Crippen molar-refractivity contribution in [2.24, 2.45) is 5.41 Å². The highest BCUT2D eigenvalue weighted by atomic mass is 16.6. The van der Waals surface area contributed by atoms with E-state index in [-0.39, 0.29) is 10.6 Å². The summed E-state index contributed by atoms with van der Waals surface area (Å²) in [5, 5.41) is 16.0. The molecule has 0 radical (unpaired) electrons. The predicted molar refractivity (Wildman–Crippen MR) is 83.5 cm³/mol. The summed E-state index contributed by atoms with van der Waals surface area (Å²) in [7, 11) is 0. The first kappa shape index (κ1) is 13.8. The molecule has 1 aliphatic carbocycles. The van der Waals surface area contributed by atoms with Gasteiger partial charge < -0.3 is 5.32 Å². The zero-order valence-corrected chi connectivity index (χ0v) is 12.1. The van der Waals surface area contributed by atoms with Crippen LogP contribution in [0.25, 0.3) is 10.8 Å². The van der Waals surface area contributed by atoms with Gasteiger partial charge in [0.05, 0.1) is 10.3 Å². The fourth-order valence-electron chi connectivity index (χ4n) is 2.99. The molecule has 0 unspecified atom stereocenters. The van der Waals surface area contributed by atoms with Gasteiger partial charge in [-0.15, -0.1) is 0 Å². The summed E-state index contributed by atoms with van der Waals surface area (Å²) in [5.74, 6) is 0. The van der Waals surface area contributed by atoms with E-state index >= 15 is 0 Å². The molecule has 5 nitrogen and oxygen atoms in total. The Kier molecular flexibility index (Phi) is 3.49. The van der Waals surface area contributed by atoms with Crippen molar-refractivity contribution in [3.05, 3.63) is 40.7 Å². The number of non-ortho nitro benzene ring substituents is 1. The van der Waals surface area contributed by atoms with Gasteiger partial charge in [-0.2, -0.15) is 0 Å². The van der Waals surface area contributed by atoms with Crippen LogP contribution in [0.4, 0.5) is 11.4 Å². The standard InChI is InChI=1S/C16H19N3O2/c1-2-6-16(7-8-16)11-18-14-3-4-15(19(20)21)13-10-17-9-5-12(13)14/h3-5,9-10,18H,2,6-8,11H2,1H3. The summed E-state index contributed by atoms with van der Waals surface area (Å²) in [6.45, 7) is 3.16. The molecule has 1 saturated carbocycles. The van der Waals surface area contributed by atoms with Gasteiger partial charge in [0, 0.05) is 36.1 Å². The molecule has 5 heteroatoms. The Balaban J connectivity index is 1.89. The molecule has 0 saturated heterocycles. The molecule has 0 amide bonds. The Morgan fingerprint density at radius 3 is 2.81 bits per heavy atom. The minimum atomic E-state index is -0.354. The minimum absolute atomic E-state index is 0.110. The van der Waals surface area contributed by atoms with E-state index in [0.717, 1.165) is 17.6 Å². The minimum Gasteiger partial charge on any atom is -0.384 e. The number of fused-ring (bicyclic) bond motifs is 1. The average molecular weight is 285 g/mol. The van der Waals surface area contributed by atoms with Crippen molar-refractivity contribution in [3.63, 3.8) is 0 Å². The van der Waals surface area contributed by atoms with Gasteiger partial charge in [-0.05, 0) is 36.8 Å². The number of rotatable bonds is 6. The monoisotopic (exact) mass is 285 g/mol. The Morgan fingerprint density at radius 1 is 1.33 bits per heavy atom. The molecule has 21 heavy (non-hydrogen) atoms. The van der Waals surface area contributed by atoms with E-state index in [2.05, 4.69) is 17.2 Å². The number of aromatic nitrogens is 1. The molecule has 1 aromatic carbocycles. The second kappa shape index (κ2) is 5.31. The fraction of sp³-hybridized carbons (Fsp3) is 0.438. The second-order valence-corrected chi connectivity index (χ2v) is 5.91. The van der Waals surface area contributed by atoms with E-state index in [1.807, 2.05) is 12.1 Å². The van der Waals surface area contributed by atoms with Crippen LogP contribution in [0.15, 0.2) is 30.6 Å². The molecule has 1 aromatic heterocycles. The molecule has 0 aliphatic heterocycles. The van der Waals surface area contributed by atoms with E-state index < -0.39 is 0 Å². The first-order valence-corrected chi connectivity index (χ1v) is 7.40. The third kappa shape index (κ3) is 2.68. The Hall–Kier alpha value is -2.17. The van der Waals surface area contributed by atoms with Crippen LogP contribution in [0.2, 0.25) is 0 Å². The van der Waals surface area contributed by atoms with Crippen LogP contribution in [-0.2, 0) is 0 Å². The van der Waals surface area contributed by atoms with Gasteiger partial charge in [-0.25, -0.2) is 0 Å². The molecule has 1 aliphatic rings. The lowest BCUT2D eigenvalue weighted by Gasteiger charge is -2.17. The number of benzene rings is 1. The Bertz CT molecular complexity index is 680. The van der Waals surface area contributed by atoms with Gasteiger partial charge in [0.15, 0.2) is 0 Å². The molecule has 0 atom stereocenters. The van der Waals surface area contributed by atoms with Crippen molar-refractivity contribution in [3.8, 4) is 0 Å². The molecule has 0 spiro atoms. The highest BCUT2D eigenvalue weighted by Crippen LogP contribution is 2.49. The summed E-state index contributed by atoms with van der Waals surface area (Å²) in [6.07, 6.45) is 8.24. The average Bonchev–Trinajstić information content (AvgIpc) is 3.25. The Labute approximate surface area is 123 Å². The summed E-state index contributed by atoms with van der Waals surface area (Å²) in [4.78, 5) is 14.8. The maximum Gasteiger partial charge on any atom is 0.278 e. The summed E-state index contributed by atoms with van der Waals surface area (Å²) in [6, 6.07) is 5.21. The first-order chi connectivity index (χ1) is 10.2. The van der Waals surface area contributed by atoms with Crippen LogP contribution in [-0.4, -0.2) is 16.5 Å². The molecule has 1 heterocycles. The van der Waals surface area contributed by atoms with Crippen LogP contribution in [0.3, 0.4) is 0 Å². The molecular formula is C16H19N3O2. The van der Waals surface area contributed by atoms with Crippen LogP contribution < -0.4 is 5.32 Å². The lowest BCUT2D eigenvalue weighted by Crippen LogP contribution is -2.15. The Morgan fingerprint density at radius 2 is 2.14 bits per heavy atom. The fourth-order valence-corrected chi connectivity index (χ4v) is 2.99. The normalized spacial score (nSPS) is 15.9. The molecule has 0 bridgehead atoms. The zero-order valence-electron chi connectivity index (χ0n) is 12.1. The number of pyridine rings is 1. The predicted octanol–water partition coefficient (Wildman–Crippen LogP) is 4.14. The van der Waals surface area contributed by atoms with E-state index in [4.69, 9.17) is 0 Å². The maximum absolute atomic E-state index is 11.1. The summed E-state index contributed by atoms with van der Waals surface area (Å²) in [5.41, 5.74) is 1.51. The molecular weight excluding hydrogens is 266 g/mol. The van der Waals surface area contributed by atoms with Gasteiger partial charge in [-0.1, -0.05) is 13.3 Å². The van der Waals surface area contributed by atoms with Gasteiger partial charge in [0.2, 0.25) is 0 Å². The van der Waals surface area contributed by atoms with Crippen molar-refractivity contribution in [2.75, 3.05) is 11.9 Å². The van der Waals surface area contributed by atoms with E-state index in [1.54, 1.807) is 18.5 Å². The van der Waals surface area contributed by atoms with Crippen LogP contribution in [0.5, 0.6) is 0 Å². The third-order valence-electron chi connectivity index (χ3n) is 4.38. The molecule has 1 N–H and O–H groups in total. The number of nitro groups is 1. The topological polar surface area (TPSA) is 68.1 Å². The molecule has 3 rings (SSSR count). The number of hydrogen-bond donors (Lipinski definition) is 1. The van der Waals surface area contributed by atoms with Gasteiger partial charge >= 0.3 is 0 Å². The number of nitro benzene ring substituents is 1. The van der Waals surface area contributed by atoms with Gasteiger partial charge in [0.1, 0.15) is 0 Å². The second-order valence-electron chi connectivity index (χ2n) is 5.91. The number of nitrogens with one attached hydrogen (secondary N) is 1. The van der Waals surface area contributed by atoms with Crippen LogP contribution >= 0.6 is 0 Å². The number of hydrogen-bond acceptors (Lipinski definition) is 4.